The van der Waals surface area contributed by atoms with E-state index < -0.39 is 42.9 Å². The van der Waals surface area contributed by atoms with Crippen LogP contribution in [0.5, 0.6) is 0 Å². The van der Waals surface area contributed by atoms with E-state index in [9.17, 15) is 23.2 Å². The number of alkyl halides is 2. The molecule has 31 heavy (non-hydrogen) atoms. The quantitative estimate of drug-likeness (QED) is 0.680. The summed E-state index contributed by atoms with van der Waals surface area (Å²) in [5, 5.41) is 2.13. The van der Waals surface area contributed by atoms with Crippen molar-refractivity contribution in [3.8, 4) is 0 Å². The summed E-state index contributed by atoms with van der Waals surface area (Å²) >= 11 is 0. The predicted molar refractivity (Wildman–Crippen MR) is 106 cm³/mol. The molecule has 9 heteroatoms. The van der Waals surface area contributed by atoms with Gasteiger partial charge in [-0.3, -0.25) is 14.5 Å². The summed E-state index contributed by atoms with van der Waals surface area (Å²) in [6, 6.07) is 15.5. The Labute approximate surface area is 177 Å². The Morgan fingerprint density at radius 2 is 1.48 bits per heavy atom. The predicted octanol–water partition coefficient (Wildman–Crippen LogP) is 2.89. The fraction of sp³-hybridized carbons (Fsp3) is 0.318. The maximum atomic E-state index is 14.3. The van der Waals surface area contributed by atoms with Crippen molar-refractivity contribution in [1.29, 1.82) is 0 Å². The average molecular weight is 432 g/mol. The standard InChI is InChI=1S/C22H22F2N2O5/c23-22(24)11-12-26(21(29)31-15-17-9-5-2-6-10-17)19(22)20(28)25-13-18(27)30-14-16-7-3-1-4-8-16/h1-10,19H,11-15H2,(H,25,28)/t19-/m1/s1. The summed E-state index contributed by atoms with van der Waals surface area (Å²) in [5.74, 6) is -5.36. The smallest absolute Gasteiger partial charge is 0.410 e. The van der Waals surface area contributed by atoms with E-state index in [4.69, 9.17) is 9.47 Å². The van der Waals surface area contributed by atoms with Crippen molar-refractivity contribution >= 4 is 18.0 Å². The number of likely N-dealkylation sites (tertiary alicyclic amines) is 1. The highest BCUT2D eigenvalue weighted by atomic mass is 19.3. The van der Waals surface area contributed by atoms with Crippen LogP contribution in [-0.2, 0) is 32.3 Å². The molecule has 1 saturated heterocycles. The third kappa shape index (κ3) is 6.00. The summed E-state index contributed by atoms with van der Waals surface area (Å²) < 4.78 is 38.7. The van der Waals surface area contributed by atoms with E-state index in [2.05, 4.69) is 5.32 Å². The number of hydrogen-bond acceptors (Lipinski definition) is 5. The Kier molecular flexibility index (Phi) is 7.17. The number of amides is 2. The zero-order valence-electron chi connectivity index (χ0n) is 16.6. The van der Waals surface area contributed by atoms with Crippen LogP contribution in [0.1, 0.15) is 17.5 Å². The summed E-state index contributed by atoms with van der Waals surface area (Å²) in [7, 11) is 0. The van der Waals surface area contributed by atoms with E-state index >= 15 is 0 Å². The number of nitrogens with one attached hydrogen (secondary N) is 1. The molecule has 164 valence electrons. The number of ether oxygens (including phenoxy) is 2. The Balaban J connectivity index is 1.52. The summed E-state index contributed by atoms with van der Waals surface area (Å²) in [5.41, 5.74) is 1.43. The molecule has 0 bridgehead atoms. The zero-order chi connectivity index (χ0) is 22.3. The summed E-state index contributed by atoms with van der Waals surface area (Å²) in [4.78, 5) is 37.2. The van der Waals surface area contributed by atoms with Crippen LogP contribution < -0.4 is 5.32 Å². The molecule has 1 fully saturated rings. The van der Waals surface area contributed by atoms with Gasteiger partial charge < -0.3 is 14.8 Å². The molecule has 0 saturated carbocycles. The lowest BCUT2D eigenvalue weighted by Gasteiger charge is -2.26. The Morgan fingerprint density at radius 3 is 2.06 bits per heavy atom. The van der Waals surface area contributed by atoms with E-state index in [0.29, 0.717) is 10.5 Å². The minimum Gasteiger partial charge on any atom is -0.460 e. The first-order valence-corrected chi connectivity index (χ1v) is 9.69. The van der Waals surface area contributed by atoms with Gasteiger partial charge in [-0.1, -0.05) is 60.7 Å². The van der Waals surface area contributed by atoms with Crippen molar-refractivity contribution in [2.45, 2.75) is 31.6 Å². The number of hydrogen-bond donors (Lipinski definition) is 1. The second kappa shape index (κ2) is 10.0. The van der Waals surface area contributed by atoms with Crippen LogP contribution in [0, 0.1) is 0 Å². The second-order valence-electron chi connectivity index (χ2n) is 7.01. The van der Waals surface area contributed by atoms with Crippen LogP contribution >= 0.6 is 0 Å². The molecule has 7 nitrogen and oxygen atoms in total. The van der Waals surface area contributed by atoms with Crippen LogP contribution in [0.25, 0.3) is 0 Å². The van der Waals surface area contributed by atoms with Gasteiger partial charge in [0.05, 0.1) is 0 Å². The normalized spacial score (nSPS) is 17.1. The molecular weight excluding hydrogens is 410 g/mol. The maximum Gasteiger partial charge on any atom is 0.410 e. The molecule has 1 heterocycles. The molecule has 0 spiro atoms. The van der Waals surface area contributed by atoms with Gasteiger partial charge in [0, 0.05) is 13.0 Å². The average Bonchev–Trinajstić information content (AvgIpc) is 3.11. The third-order valence-electron chi connectivity index (χ3n) is 4.74. The molecule has 2 amide bonds. The van der Waals surface area contributed by atoms with Crippen LogP contribution in [-0.4, -0.2) is 47.9 Å². The van der Waals surface area contributed by atoms with Crippen molar-refractivity contribution in [2.24, 2.45) is 0 Å². The van der Waals surface area contributed by atoms with Gasteiger partial charge in [-0.15, -0.1) is 0 Å². The van der Waals surface area contributed by atoms with Crippen LogP contribution in [0.2, 0.25) is 0 Å². The Bertz CT molecular complexity index is 909. The first kappa shape index (κ1) is 22.2. The number of benzene rings is 2. The van der Waals surface area contributed by atoms with Gasteiger partial charge in [0.25, 0.3) is 5.92 Å². The molecule has 2 aromatic carbocycles. The minimum absolute atomic E-state index is 0.00688. The highest BCUT2D eigenvalue weighted by Crippen LogP contribution is 2.34. The maximum absolute atomic E-state index is 14.3. The Hall–Kier alpha value is -3.49. The van der Waals surface area contributed by atoms with E-state index in [0.717, 1.165) is 5.56 Å². The molecule has 0 unspecified atom stereocenters. The molecule has 3 rings (SSSR count). The molecule has 1 aliphatic heterocycles. The van der Waals surface area contributed by atoms with Gasteiger partial charge in [-0.2, -0.15) is 0 Å². The highest BCUT2D eigenvalue weighted by Gasteiger charge is 2.55. The van der Waals surface area contributed by atoms with Gasteiger partial charge in [0.2, 0.25) is 5.91 Å². The lowest BCUT2D eigenvalue weighted by molar-refractivity contribution is -0.147. The fourth-order valence-electron chi connectivity index (χ4n) is 3.14. The topological polar surface area (TPSA) is 84.9 Å². The largest absolute Gasteiger partial charge is 0.460 e. The van der Waals surface area contributed by atoms with E-state index in [1.807, 2.05) is 6.07 Å². The molecule has 1 N–H and O–H groups in total. The molecule has 0 radical (unpaired) electrons. The molecule has 2 aromatic rings. The second-order valence-corrected chi connectivity index (χ2v) is 7.01. The number of halogens is 2. The zero-order valence-corrected chi connectivity index (χ0v) is 16.6. The minimum atomic E-state index is -3.44. The van der Waals surface area contributed by atoms with Crippen molar-refractivity contribution in [3.63, 3.8) is 0 Å². The number of carbonyl (C=O) groups excluding carboxylic acids is 3. The lowest BCUT2D eigenvalue weighted by Crippen LogP contribution is -2.53. The van der Waals surface area contributed by atoms with E-state index in [-0.39, 0.29) is 19.8 Å². The van der Waals surface area contributed by atoms with Gasteiger partial charge in [0.15, 0.2) is 6.04 Å². The van der Waals surface area contributed by atoms with Crippen molar-refractivity contribution in [3.05, 3.63) is 71.8 Å². The Morgan fingerprint density at radius 1 is 0.935 bits per heavy atom. The van der Waals surface area contributed by atoms with Crippen LogP contribution in [0.15, 0.2) is 60.7 Å². The first-order valence-electron chi connectivity index (χ1n) is 9.69. The molecule has 1 aliphatic rings. The van der Waals surface area contributed by atoms with Crippen molar-refractivity contribution in [2.75, 3.05) is 13.1 Å². The fourth-order valence-corrected chi connectivity index (χ4v) is 3.14. The molecule has 0 aromatic heterocycles. The van der Waals surface area contributed by atoms with Crippen LogP contribution in [0.3, 0.4) is 0 Å². The van der Waals surface area contributed by atoms with Gasteiger partial charge in [-0.25, -0.2) is 13.6 Å². The third-order valence-corrected chi connectivity index (χ3v) is 4.74. The number of carbonyl (C=O) groups is 3. The SMILES string of the molecule is O=C(CNC(=O)[C@H]1N(C(=O)OCc2ccccc2)CCC1(F)F)OCc1ccccc1. The first-order chi connectivity index (χ1) is 14.9. The number of nitrogens with zero attached hydrogens (tertiary/aromatic N) is 1. The van der Waals surface area contributed by atoms with Crippen molar-refractivity contribution in [1.82, 2.24) is 10.2 Å². The van der Waals surface area contributed by atoms with Gasteiger partial charge in [0.1, 0.15) is 19.8 Å². The van der Waals surface area contributed by atoms with Crippen molar-refractivity contribution < 1.29 is 32.6 Å². The molecule has 0 aliphatic carbocycles. The molecule has 1 atom stereocenters. The number of esters is 1. The lowest BCUT2D eigenvalue weighted by atomic mass is 10.1. The summed E-state index contributed by atoms with van der Waals surface area (Å²) in [6.45, 7) is -1.04. The van der Waals surface area contributed by atoms with Crippen LogP contribution in [0.4, 0.5) is 13.6 Å². The van der Waals surface area contributed by atoms with Gasteiger partial charge in [-0.05, 0) is 11.1 Å². The number of rotatable bonds is 7. The summed E-state index contributed by atoms with van der Waals surface area (Å²) in [6.07, 6.45) is -1.70. The highest BCUT2D eigenvalue weighted by molar-refractivity contribution is 5.89. The monoisotopic (exact) mass is 432 g/mol. The van der Waals surface area contributed by atoms with Gasteiger partial charge >= 0.3 is 12.1 Å². The van der Waals surface area contributed by atoms with E-state index in [1.54, 1.807) is 54.6 Å². The van der Waals surface area contributed by atoms with E-state index in [1.165, 1.54) is 0 Å². The molecular formula is C22H22F2N2O5.